The van der Waals surface area contributed by atoms with Crippen LogP contribution in [-0.4, -0.2) is 9.78 Å². The minimum atomic E-state index is -0.223. The van der Waals surface area contributed by atoms with Crippen LogP contribution in [0.4, 0.5) is 4.39 Å². The van der Waals surface area contributed by atoms with Gasteiger partial charge in [-0.05, 0) is 45.2 Å². The third-order valence-electron chi connectivity index (χ3n) is 0.884. The van der Waals surface area contributed by atoms with Gasteiger partial charge in [-0.1, -0.05) is 0 Å². The molecule has 0 saturated carbocycles. The van der Waals surface area contributed by atoms with Gasteiger partial charge >= 0.3 is 0 Å². The van der Waals surface area contributed by atoms with E-state index in [1.807, 2.05) is 45.2 Å². The highest BCUT2D eigenvalue weighted by Gasteiger charge is 2.09. The second-order valence-electron chi connectivity index (χ2n) is 1.52. The molecule has 0 amide bonds. The molecule has 0 saturated heterocycles. The first-order valence-corrected chi connectivity index (χ1v) is 4.32. The van der Waals surface area contributed by atoms with Gasteiger partial charge in [0.25, 0.3) is 0 Å². The Hall–Kier alpha value is 0.600. The zero-order valence-electron chi connectivity index (χ0n) is 4.53. The number of nitrogens with zero attached hydrogens (tertiary/aromatic N) is 2. The van der Waals surface area contributed by atoms with Crippen LogP contribution in [0.5, 0.6) is 0 Å². The van der Waals surface area contributed by atoms with Gasteiger partial charge in [-0.15, -0.1) is 0 Å². The Morgan fingerprint density at radius 2 is 2.11 bits per heavy atom. The summed E-state index contributed by atoms with van der Waals surface area (Å²) in [6.45, 7) is 0. The molecule has 0 spiro atoms. The van der Waals surface area contributed by atoms with Crippen molar-refractivity contribution in [2.24, 2.45) is 7.05 Å². The molecule has 0 aliphatic rings. The van der Waals surface area contributed by atoms with Crippen LogP contribution in [-0.2, 0) is 7.05 Å². The lowest BCUT2D eigenvalue weighted by atomic mass is 10.7. The molecular weight excluding hydrogens is 349 g/mol. The Bertz CT molecular complexity index is 210. The van der Waals surface area contributed by atoms with Crippen LogP contribution in [0.15, 0.2) is 0 Å². The standard InChI is InChI=1S/C4H3FI2N2/c1-9-4(7)2(5)3(6)8-9/h1H3. The topological polar surface area (TPSA) is 17.8 Å². The molecule has 2 nitrogen and oxygen atoms in total. The van der Waals surface area contributed by atoms with Crippen LogP contribution in [0.1, 0.15) is 0 Å². The van der Waals surface area contributed by atoms with E-state index in [-0.39, 0.29) is 5.82 Å². The number of aromatic nitrogens is 2. The van der Waals surface area contributed by atoms with Crippen molar-refractivity contribution in [2.45, 2.75) is 0 Å². The molecule has 0 fully saturated rings. The predicted molar refractivity (Wildman–Crippen MR) is 48.6 cm³/mol. The fraction of sp³-hybridized carbons (Fsp3) is 0.250. The number of aryl methyl sites for hydroxylation is 1. The maximum atomic E-state index is 12.7. The Morgan fingerprint density at radius 1 is 1.56 bits per heavy atom. The van der Waals surface area contributed by atoms with Gasteiger partial charge in [0.2, 0.25) is 0 Å². The fourth-order valence-corrected chi connectivity index (χ4v) is 1.91. The zero-order valence-corrected chi connectivity index (χ0v) is 8.84. The highest BCUT2D eigenvalue weighted by atomic mass is 127. The van der Waals surface area contributed by atoms with Crippen LogP contribution >= 0.6 is 45.2 Å². The van der Waals surface area contributed by atoms with E-state index in [1.165, 1.54) is 4.68 Å². The smallest absolute Gasteiger partial charge is 0.188 e. The average Bonchev–Trinajstić information content (AvgIpc) is 1.98. The summed E-state index contributed by atoms with van der Waals surface area (Å²) in [5.74, 6) is -0.223. The van der Waals surface area contributed by atoms with Crippen LogP contribution in [0.2, 0.25) is 0 Å². The molecule has 50 valence electrons. The van der Waals surface area contributed by atoms with Gasteiger partial charge < -0.3 is 0 Å². The van der Waals surface area contributed by atoms with E-state index >= 15 is 0 Å². The lowest BCUT2D eigenvalue weighted by molar-refractivity contribution is 0.608. The van der Waals surface area contributed by atoms with E-state index in [1.54, 1.807) is 7.05 Å². The second-order valence-corrected chi connectivity index (χ2v) is 3.56. The van der Waals surface area contributed by atoms with Crippen LogP contribution in [0.3, 0.4) is 0 Å². The van der Waals surface area contributed by atoms with Gasteiger partial charge in [-0.3, -0.25) is 4.68 Å². The van der Waals surface area contributed by atoms with Crippen molar-refractivity contribution in [1.29, 1.82) is 0 Å². The van der Waals surface area contributed by atoms with E-state index in [2.05, 4.69) is 5.10 Å². The Balaban J connectivity index is 3.29. The van der Waals surface area contributed by atoms with Crippen molar-refractivity contribution in [3.63, 3.8) is 0 Å². The summed E-state index contributed by atoms with van der Waals surface area (Å²) in [6, 6.07) is 0. The molecule has 0 aliphatic carbocycles. The average molecular weight is 352 g/mol. The van der Waals surface area contributed by atoms with Gasteiger partial charge in [0.1, 0.15) is 3.70 Å². The van der Waals surface area contributed by atoms with E-state index in [0.29, 0.717) is 7.40 Å². The van der Waals surface area contributed by atoms with Gasteiger partial charge in [-0.25, -0.2) is 4.39 Å². The maximum absolute atomic E-state index is 12.7. The molecule has 1 rings (SSSR count). The van der Waals surface area contributed by atoms with Crippen molar-refractivity contribution in [1.82, 2.24) is 9.78 Å². The van der Waals surface area contributed by atoms with Gasteiger partial charge in [-0.2, -0.15) is 5.10 Å². The minimum Gasteiger partial charge on any atom is -0.258 e. The summed E-state index contributed by atoms with van der Waals surface area (Å²) in [6.07, 6.45) is 0. The highest BCUT2D eigenvalue weighted by Crippen LogP contribution is 2.14. The first-order chi connectivity index (χ1) is 4.13. The zero-order chi connectivity index (χ0) is 7.02. The molecule has 9 heavy (non-hydrogen) atoms. The van der Waals surface area contributed by atoms with Crippen molar-refractivity contribution >= 4 is 45.2 Å². The summed E-state index contributed by atoms with van der Waals surface area (Å²) < 4.78 is 15.1. The molecular formula is C4H3FI2N2. The molecule has 1 heterocycles. The summed E-state index contributed by atoms with van der Waals surface area (Å²) in [5.41, 5.74) is 0. The molecule has 0 radical (unpaired) electrons. The number of rotatable bonds is 0. The molecule has 0 unspecified atom stereocenters. The van der Waals surface area contributed by atoms with Crippen LogP contribution in [0, 0.1) is 13.2 Å². The molecule has 1 aromatic heterocycles. The quantitative estimate of drug-likeness (QED) is 0.651. The van der Waals surface area contributed by atoms with Crippen LogP contribution in [0.25, 0.3) is 0 Å². The first kappa shape index (κ1) is 7.70. The van der Waals surface area contributed by atoms with E-state index in [9.17, 15) is 4.39 Å². The molecule has 0 atom stereocenters. The highest BCUT2D eigenvalue weighted by molar-refractivity contribution is 14.1. The monoisotopic (exact) mass is 352 g/mol. The van der Waals surface area contributed by atoms with Crippen LogP contribution < -0.4 is 0 Å². The first-order valence-electron chi connectivity index (χ1n) is 2.16. The molecule has 5 heteroatoms. The minimum absolute atomic E-state index is 0.223. The third-order valence-corrected chi connectivity index (χ3v) is 2.75. The summed E-state index contributed by atoms with van der Waals surface area (Å²) in [4.78, 5) is 0. The lowest BCUT2D eigenvalue weighted by Gasteiger charge is -1.86. The second kappa shape index (κ2) is 2.69. The molecule has 0 aliphatic heterocycles. The Morgan fingerprint density at radius 3 is 2.22 bits per heavy atom. The fourth-order valence-electron chi connectivity index (χ4n) is 0.447. The van der Waals surface area contributed by atoms with E-state index < -0.39 is 0 Å². The largest absolute Gasteiger partial charge is 0.258 e. The molecule has 0 aromatic carbocycles. The van der Waals surface area contributed by atoms with Gasteiger partial charge in [0.15, 0.2) is 9.52 Å². The maximum Gasteiger partial charge on any atom is 0.188 e. The predicted octanol–water partition coefficient (Wildman–Crippen LogP) is 1.77. The summed E-state index contributed by atoms with van der Waals surface area (Å²) in [7, 11) is 1.72. The summed E-state index contributed by atoms with van der Waals surface area (Å²) in [5, 5.41) is 3.83. The molecule has 1 aromatic rings. The summed E-state index contributed by atoms with van der Waals surface area (Å²) >= 11 is 3.77. The lowest BCUT2D eigenvalue weighted by Crippen LogP contribution is -1.92. The van der Waals surface area contributed by atoms with Crippen molar-refractivity contribution in [2.75, 3.05) is 0 Å². The van der Waals surface area contributed by atoms with Crippen molar-refractivity contribution in [3.8, 4) is 0 Å². The van der Waals surface area contributed by atoms with Gasteiger partial charge in [0.05, 0.1) is 0 Å². The molecule has 0 bridgehead atoms. The van der Waals surface area contributed by atoms with E-state index in [0.717, 1.165) is 0 Å². The number of hydrogen-bond donors (Lipinski definition) is 0. The van der Waals surface area contributed by atoms with E-state index in [4.69, 9.17) is 0 Å². The normalized spacial score (nSPS) is 10.2. The van der Waals surface area contributed by atoms with Gasteiger partial charge in [0, 0.05) is 7.05 Å². The number of hydrogen-bond acceptors (Lipinski definition) is 1. The Kier molecular flexibility index (Phi) is 2.30. The molecule has 0 N–H and O–H groups in total. The Labute approximate surface area is 79.1 Å². The SMILES string of the molecule is Cn1nc(I)c(F)c1I. The number of halogens is 3. The van der Waals surface area contributed by atoms with Crippen molar-refractivity contribution in [3.05, 3.63) is 13.2 Å². The third kappa shape index (κ3) is 1.36. The van der Waals surface area contributed by atoms with Crippen molar-refractivity contribution < 1.29 is 4.39 Å².